The Hall–Kier alpha value is -3.07. The number of rotatable bonds is 7. The van der Waals surface area contributed by atoms with Crippen LogP contribution in [0, 0.1) is 12.7 Å². The van der Waals surface area contributed by atoms with Gasteiger partial charge in [0.1, 0.15) is 11.9 Å². The van der Waals surface area contributed by atoms with Gasteiger partial charge in [0, 0.05) is 12.8 Å². The average molecular weight is 499 g/mol. The number of esters is 1. The highest BCUT2D eigenvalue weighted by atomic mass is 32.2. The summed E-state index contributed by atoms with van der Waals surface area (Å²) in [5, 5.41) is 10.8. The number of fused-ring (bicyclic) bond motifs is 2. The number of aliphatic hydroxyl groups is 1. The van der Waals surface area contributed by atoms with Gasteiger partial charge in [-0.2, -0.15) is 8.42 Å². The molecule has 0 saturated carbocycles. The van der Waals surface area contributed by atoms with E-state index in [-0.39, 0.29) is 11.3 Å². The molecule has 1 aliphatic carbocycles. The minimum absolute atomic E-state index is 0.00250. The lowest BCUT2D eigenvalue weighted by Crippen LogP contribution is -2.26. The summed E-state index contributed by atoms with van der Waals surface area (Å²) in [4.78, 5) is 12.0. The second kappa shape index (κ2) is 10.3. The van der Waals surface area contributed by atoms with E-state index in [0.717, 1.165) is 22.3 Å². The number of ether oxygens (including phenoxy) is 1. The van der Waals surface area contributed by atoms with Gasteiger partial charge >= 0.3 is 5.97 Å². The van der Waals surface area contributed by atoms with Gasteiger partial charge in [-0.1, -0.05) is 48.0 Å². The first-order valence-electron chi connectivity index (χ1n) is 11.3. The predicted molar refractivity (Wildman–Crippen MR) is 128 cm³/mol. The molecular weight excluding hydrogens is 471 g/mol. The summed E-state index contributed by atoms with van der Waals surface area (Å²) < 4.78 is 50.1. The monoisotopic (exact) mass is 498 g/mol. The quantitative estimate of drug-likeness (QED) is 0.379. The standard InChI is InChI=1S/C27H27FO6S/c1-17-7-11-23(12-8-17)35(31,32)33-16-22(30)15-26-24-6-4-3-5-19(24)13-20-9-10-21(28)14-25(20)27(26)34-18(2)29/h3-12,14,22,26-27,30H,13,15-16H2,1-2H3/t22-,26-,27+/m1/s1. The molecule has 0 aliphatic heterocycles. The summed E-state index contributed by atoms with van der Waals surface area (Å²) >= 11 is 0. The van der Waals surface area contributed by atoms with Crippen molar-refractivity contribution in [1.82, 2.24) is 0 Å². The fraction of sp³-hybridized carbons (Fsp3) is 0.296. The van der Waals surface area contributed by atoms with E-state index in [4.69, 9.17) is 8.92 Å². The van der Waals surface area contributed by atoms with Crippen molar-refractivity contribution in [2.24, 2.45) is 0 Å². The molecule has 0 amide bonds. The number of aliphatic hydroxyl groups excluding tert-OH is 1. The van der Waals surface area contributed by atoms with E-state index in [1.807, 2.05) is 31.2 Å². The summed E-state index contributed by atoms with van der Waals surface area (Å²) in [5.74, 6) is -1.54. The first-order chi connectivity index (χ1) is 16.6. The highest BCUT2D eigenvalue weighted by Crippen LogP contribution is 2.44. The number of halogens is 1. The van der Waals surface area contributed by atoms with Crippen LogP contribution in [0.5, 0.6) is 0 Å². The van der Waals surface area contributed by atoms with Crippen LogP contribution in [0.4, 0.5) is 4.39 Å². The minimum Gasteiger partial charge on any atom is -0.457 e. The molecule has 0 radical (unpaired) electrons. The minimum atomic E-state index is -4.06. The zero-order valence-electron chi connectivity index (χ0n) is 19.5. The molecule has 0 saturated heterocycles. The van der Waals surface area contributed by atoms with Crippen molar-refractivity contribution in [2.45, 2.75) is 49.7 Å². The smallest absolute Gasteiger partial charge is 0.303 e. The van der Waals surface area contributed by atoms with E-state index in [0.29, 0.717) is 12.0 Å². The van der Waals surface area contributed by atoms with Gasteiger partial charge in [0.25, 0.3) is 10.1 Å². The number of carbonyl (C=O) groups excluding carboxylic acids is 1. The van der Waals surface area contributed by atoms with Crippen LogP contribution in [0.15, 0.2) is 71.6 Å². The highest BCUT2D eigenvalue weighted by molar-refractivity contribution is 7.86. The summed E-state index contributed by atoms with van der Waals surface area (Å²) in [5.41, 5.74) is 4.06. The van der Waals surface area contributed by atoms with E-state index < -0.39 is 46.6 Å². The first-order valence-corrected chi connectivity index (χ1v) is 12.7. The van der Waals surface area contributed by atoms with Crippen molar-refractivity contribution in [3.05, 3.63) is 100 Å². The van der Waals surface area contributed by atoms with Crippen molar-refractivity contribution >= 4 is 16.1 Å². The van der Waals surface area contributed by atoms with E-state index in [1.54, 1.807) is 18.2 Å². The Morgan fingerprint density at radius 3 is 2.46 bits per heavy atom. The Morgan fingerprint density at radius 1 is 1.06 bits per heavy atom. The molecular formula is C27H27FO6S. The molecule has 0 spiro atoms. The van der Waals surface area contributed by atoms with Crippen LogP contribution in [0.25, 0.3) is 0 Å². The molecule has 0 bridgehead atoms. The fourth-order valence-electron chi connectivity index (χ4n) is 4.51. The predicted octanol–water partition coefficient (Wildman–Crippen LogP) is 4.58. The van der Waals surface area contributed by atoms with E-state index in [1.165, 1.54) is 31.2 Å². The van der Waals surface area contributed by atoms with Crippen LogP contribution >= 0.6 is 0 Å². The molecule has 0 unspecified atom stereocenters. The van der Waals surface area contributed by atoms with Gasteiger partial charge in [-0.05, 0) is 66.3 Å². The van der Waals surface area contributed by atoms with Crippen molar-refractivity contribution in [3.63, 3.8) is 0 Å². The molecule has 8 heteroatoms. The molecule has 35 heavy (non-hydrogen) atoms. The van der Waals surface area contributed by atoms with E-state index in [9.17, 15) is 22.7 Å². The summed E-state index contributed by atoms with van der Waals surface area (Å²) in [6.07, 6.45) is -1.50. The third kappa shape index (κ3) is 5.78. The van der Waals surface area contributed by atoms with Crippen LogP contribution in [-0.2, 0) is 30.3 Å². The zero-order chi connectivity index (χ0) is 25.2. The number of hydrogen-bond donors (Lipinski definition) is 1. The normalized spacial score (nSPS) is 18.2. The van der Waals surface area contributed by atoms with Crippen LogP contribution < -0.4 is 0 Å². The second-order valence-electron chi connectivity index (χ2n) is 8.80. The molecule has 4 rings (SSSR count). The Morgan fingerprint density at radius 2 is 1.74 bits per heavy atom. The lowest BCUT2D eigenvalue weighted by Gasteiger charge is -2.29. The van der Waals surface area contributed by atoms with Gasteiger partial charge in [-0.3, -0.25) is 8.98 Å². The van der Waals surface area contributed by atoms with Crippen LogP contribution in [-0.4, -0.2) is 32.2 Å². The SMILES string of the molecule is CC(=O)O[C@H]1c2cc(F)ccc2Cc2ccccc2[C@H]1C[C@@H](O)COS(=O)(=O)c1ccc(C)cc1. The Kier molecular flexibility index (Phi) is 7.35. The number of hydrogen-bond acceptors (Lipinski definition) is 6. The maximum Gasteiger partial charge on any atom is 0.303 e. The fourth-order valence-corrected chi connectivity index (χ4v) is 5.45. The van der Waals surface area contributed by atoms with Crippen LogP contribution in [0.3, 0.4) is 0 Å². The summed E-state index contributed by atoms with van der Waals surface area (Å²) in [7, 11) is -4.06. The zero-order valence-corrected chi connectivity index (χ0v) is 20.3. The molecule has 3 aromatic carbocycles. The molecule has 6 nitrogen and oxygen atoms in total. The lowest BCUT2D eigenvalue weighted by molar-refractivity contribution is -0.148. The molecule has 0 aromatic heterocycles. The lowest BCUT2D eigenvalue weighted by atomic mass is 9.84. The van der Waals surface area contributed by atoms with Crippen molar-refractivity contribution in [1.29, 1.82) is 0 Å². The van der Waals surface area contributed by atoms with Crippen LogP contribution in [0.1, 0.15) is 53.2 Å². The Bertz CT molecular complexity index is 1320. The molecule has 3 aromatic rings. The molecule has 184 valence electrons. The summed E-state index contributed by atoms with van der Waals surface area (Å²) in [6.45, 7) is 2.65. The average Bonchev–Trinajstić information content (AvgIpc) is 2.93. The topological polar surface area (TPSA) is 89.9 Å². The van der Waals surface area contributed by atoms with Gasteiger partial charge < -0.3 is 9.84 Å². The molecule has 3 atom stereocenters. The van der Waals surface area contributed by atoms with Gasteiger partial charge in [0.2, 0.25) is 0 Å². The third-order valence-electron chi connectivity index (χ3n) is 6.16. The Balaban J connectivity index is 1.62. The number of aryl methyl sites for hydroxylation is 1. The number of benzene rings is 3. The van der Waals surface area contributed by atoms with Gasteiger partial charge in [0.05, 0.1) is 17.6 Å². The maximum absolute atomic E-state index is 14.2. The third-order valence-corrected chi connectivity index (χ3v) is 7.46. The molecule has 0 fully saturated rings. The highest BCUT2D eigenvalue weighted by Gasteiger charge is 2.35. The van der Waals surface area contributed by atoms with Gasteiger partial charge in [0.15, 0.2) is 0 Å². The maximum atomic E-state index is 14.2. The molecule has 1 aliphatic rings. The van der Waals surface area contributed by atoms with Crippen LogP contribution in [0.2, 0.25) is 0 Å². The van der Waals surface area contributed by atoms with Crippen molar-refractivity contribution in [3.8, 4) is 0 Å². The van der Waals surface area contributed by atoms with E-state index >= 15 is 0 Å². The summed E-state index contributed by atoms with van der Waals surface area (Å²) in [6, 6.07) is 18.2. The molecule has 1 N–H and O–H groups in total. The van der Waals surface area contributed by atoms with Crippen molar-refractivity contribution < 1.29 is 31.6 Å². The Labute approximate surface area is 204 Å². The molecule has 0 heterocycles. The first kappa shape index (κ1) is 25.0. The largest absolute Gasteiger partial charge is 0.457 e. The second-order valence-corrected chi connectivity index (χ2v) is 10.4. The van der Waals surface area contributed by atoms with Crippen molar-refractivity contribution in [2.75, 3.05) is 6.61 Å². The van der Waals surface area contributed by atoms with Gasteiger partial charge in [-0.15, -0.1) is 0 Å². The van der Waals surface area contributed by atoms with E-state index in [2.05, 4.69) is 0 Å². The number of carbonyl (C=O) groups is 1. The van der Waals surface area contributed by atoms with Gasteiger partial charge in [-0.25, -0.2) is 4.39 Å².